The van der Waals surface area contributed by atoms with Crippen molar-refractivity contribution in [3.63, 3.8) is 0 Å². The van der Waals surface area contributed by atoms with Crippen molar-refractivity contribution in [1.29, 1.82) is 10.5 Å². The van der Waals surface area contributed by atoms with Gasteiger partial charge in [-0.15, -0.1) is 0 Å². The summed E-state index contributed by atoms with van der Waals surface area (Å²) in [6.07, 6.45) is 12.9. The van der Waals surface area contributed by atoms with Gasteiger partial charge < -0.3 is 0 Å². The van der Waals surface area contributed by atoms with Crippen molar-refractivity contribution in [2.45, 2.75) is 39.5 Å². The molecule has 1 aliphatic carbocycles. The van der Waals surface area contributed by atoms with Crippen LogP contribution in [0.5, 0.6) is 0 Å². The third-order valence-corrected chi connectivity index (χ3v) is 18.7. The van der Waals surface area contributed by atoms with Crippen LogP contribution in [-0.4, -0.2) is 0 Å². The monoisotopic (exact) mass is 1130 g/mol. The van der Waals surface area contributed by atoms with Crippen LogP contribution in [0.2, 0.25) is 0 Å². The number of fused-ring (bicyclic) bond motifs is 2. The first-order valence-electron chi connectivity index (χ1n) is 24.2. The Morgan fingerprint density at radius 2 is 1.07 bits per heavy atom. The molecule has 0 saturated heterocycles. The maximum absolute atomic E-state index is 10.4. The minimum absolute atomic E-state index is 0.0636. The number of benzene rings is 8. The minimum atomic E-state index is -2.54. The topological polar surface area (TPSA) is 56.3 Å². The van der Waals surface area contributed by atoms with Gasteiger partial charge in [-0.1, -0.05) is 48.6 Å². The van der Waals surface area contributed by atoms with E-state index in [1.807, 2.05) is 104 Å². The van der Waals surface area contributed by atoms with Crippen molar-refractivity contribution in [3.05, 3.63) is 261 Å². The normalized spacial score (nSPS) is 14.5. The Hall–Kier alpha value is -8.65. The zero-order valence-electron chi connectivity index (χ0n) is 40.5. The van der Waals surface area contributed by atoms with Gasteiger partial charge in [0.05, 0.1) is 25.3 Å². The number of hydrogen-bond acceptors (Lipinski definition) is 2. The number of allylic oxidation sites excluding steroid dienone is 7. The van der Waals surface area contributed by atoms with E-state index in [9.17, 15) is 10.5 Å². The van der Waals surface area contributed by atoms with E-state index in [1.165, 1.54) is 27.1 Å². The van der Waals surface area contributed by atoms with Gasteiger partial charge in [0, 0.05) is 10.4 Å². The van der Waals surface area contributed by atoms with Gasteiger partial charge in [-0.05, 0) is 45.8 Å². The second-order valence-corrected chi connectivity index (χ2v) is 21.5. The van der Waals surface area contributed by atoms with E-state index in [1.54, 1.807) is 17.9 Å². The standard InChI is InChI=1S/C67H47N4P.Os/c1-6-18-48-28-33-51(34-29-48)55-38-40-60-62(43-55)66(64(45-68)70-4)61-41-39-56(44-63(61)67(60)65(46-69)71-5)52-35-30-49(31-36-52)32-37-53(42-54-21-17-20-50(54)19-7-2)47(3)72(57-22-11-8-12-23-57,58-24-13-9-14-25-58)59-26-15-10-16-27-59;/h6,8-16,18-19,22-31,33-36,38-44H,7,17,20-21H2,1-2H3;/q+1;/b18-6+,50-19?,53-47?,54-42?,66-64+,67-65-;. The van der Waals surface area contributed by atoms with Crippen LogP contribution in [0.4, 0.5) is 0 Å². The molecule has 0 heterocycles. The molecule has 6 heteroatoms. The summed E-state index contributed by atoms with van der Waals surface area (Å²) < 4.78 is 3.82. The fraction of sp³-hybridized carbons (Fsp3) is 0.0896. The second-order valence-electron chi connectivity index (χ2n) is 17.6. The Morgan fingerprint density at radius 3 is 1.51 bits per heavy atom. The molecule has 0 amide bonds. The first kappa shape index (κ1) is 49.3. The Bertz CT molecular complexity index is 3880. The SMILES string of the molecule is [C-]#[N+]/C(C#N)=c1\c2cc(-c3ccc(C#CC(C=C4CCCC4=CCC)=C([C]#[Os])[P+](c4ccccc4)(c4ccccc4)c4ccccc4)cc3)ccc2/c(=C(/C#N)[N+]#[C-])c2cc(-c3ccc(/C=C/C)cc3)ccc12. The van der Waals surface area contributed by atoms with E-state index < -0.39 is 7.26 Å². The van der Waals surface area contributed by atoms with Gasteiger partial charge in [0.1, 0.15) is 0 Å². The van der Waals surface area contributed by atoms with Crippen molar-refractivity contribution in [3.8, 4) is 50.6 Å². The van der Waals surface area contributed by atoms with Crippen molar-refractivity contribution < 1.29 is 17.9 Å². The van der Waals surface area contributed by atoms with Crippen LogP contribution in [-0.2, 0) is 17.9 Å². The summed E-state index contributed by atoms with van der Waals surface area (Å²) in [6, 6.07) is 65.0. The van der Waals surface area contributed by atoms with Crippen LogP contribution < -0.4 is 26.4 Å². The van der Waals surface area contributed by atoms with Crippen LogP contribution >= 0.6 is 7.26 Å². The molecule has 0 atom stereocenters. The molecular weight excluding hydrogens is 1080 g/mol. The first-order valence-corrected chi connectivity index (χ1v) is 27.2. The molecule has 1 fully saturated rings. The molecule has 0 radical (unpaired) electrons. The second kappa shape index (κ2) is 22.6. The zero-order valence-corrected chi connectivity index (χ0v) is 43.9. The summed E-state index contributed by atoms with van der Waals surface area (Å²) in [5.74, 6) is 7.36. The van der Waals surface area contributed by atoms with Crippen LogP contribution in [0, 0.1) is 52.0 Å². The van der Waals surface area contributed by atoms with Crippen LogP contribution in [0.15, 0.2) is 216 Å². The van der Waals surface area contributed by atoms with Gasteiger partial charge in [-0.25, -0.2) is 20.2 Å². The van der Waals surface area contributed by atoms with Gasteiger partial charge in [-0.2, -0.15) is 0 Å². The molecule has 8 aromatic rings. The molecule has 0 spiro atoms. The summed E-state index contributed by atoms with van der Waals surface area (Å²) in [6.45, 7) is 20.4. The van der Waals surface area contributed by atoms with Gasteiger partial charge in [0.15, 0.2) is 0 Å². The number of nitriles is 2. The zero-order chi connectivity index (χ0) is 50.7. The predicted molar refractivity (Wildman–Crippen MR) is 301 cm³/mol. The van der Waals surface area contributed by atoms with Gasteiger partial charge in [-0.3, -0.25) is 0 Å². The van der Waals surface area contributed by atoms with Crippen LogP contribution in [0.25, 0.3) is 71.0 Å². The smallest absolute Gasteiger partial charge is 0.226 e. The molecule has 0 aromatic heterocycles. The van der Waals surface area contributed by atoms with E-state index >= 15 is 0 Å². The van der Waals surface area contributed by atoms with E-state index in [0.29, 0.717) is 32.0 Å². The summed E-state index contributed by atoms with van der Waals surface area (Å²) in [5, 5.41) is 29.1. The molecule has 0 N–H and O–H groups in total. The Morgan fingerprint density at radius 1 is 0.603 bits per heavy atom. The summed E-state index contributed by atoms with van der Waals surface area (Å²) in [4.78, 5) is 7.42. The molecule has 73 heavy (non-hydrogen) atoms. The van der Waals surface area contributed by atoms with E-state index in [2.05, 4.69) is 148 Å². The quantitative estimate of drug-likeness (QED) is 0.0626. The molecule has 0 aliphatic heterocycles. The van der Waals surface area contributed by atoms with E-state index in [4.69, 9.17) is 13.1 Å². The Kier molecular flexibility index (Phi) is 15.3. The van der Waals surface area contributed by atoms with Gasteiger partial charge in [0.25, 0.3) is 11.4 Å². The summed E-state index contributed by atoms with van der Waals surface area (Å²) in [7, 11) is -2.54. The first-order chi connectivity index (χ1) is 35.9. The summed E-state index contributed by atoms with van der Waals surface area (Å²) >= 11 is 1.77. The van der Waals surface area contributed by atoms with Gasteiger partial charge in [0.2, 0.25) is 0 Å². The molecule has 0 unspecified atom stereocenters. The van der Waals surface area contributed by atoms with Crippen LogP contribution in [0.1, 0.15) is 50.7 Å². The fourth-order valence-electron chi connectivity index (χ4n) is 10.1. The molecule has 0 bridgehead atoms. The average Bonchev–Trinajstić information content (AvgIpc) is 3.89. The molecule has 1 aliphatic rings. The molecule has 1 saturated carbocycles. The number of hydrogen-bond donors (Lipinski definition) is 0. The van der Waals surface area contributed by atoms with E-state index in [-0.39, 0.29) is 11.4 Å². The van der Waals surface area contributed by atoms with Crippen LogP contribution in [0.3, 0.4) is 0 Å². The average molecular weight is 1130 g/mol. The molecular formula is C67H47N4OsP+. The molecule has 4 nitrogen and oxygen atoms in total. The molecule has 9 rings (SSSR count). The maximum atomic E-state index is 10.4. The Balaban J connectivity index is 1.22. The third-order valence-electron chi connectivity index (χ3n) is 13.4. The van der Waals surface area contributed by atoms with Gasteiger partial charge >= 0.3 is 280 Å². The van der Waals surface area contributed by atoms with Crippen molar-refractivity contribution >= 4 is 62.2 Å². The molecule has 8 aromatic carbocycles. The summed E-state index contributed by atoms with van der Waals surface area (Å²) in [5.41, 5.74) is 9.08. The predicted octanol–water partition coefficient (Wildman–Crippen LogP) is 14.0. The van der Waals surface area contributed by atoms with Crippen molar-refractivity contribution in [2.75, 3.05) is 0 Å². The Labute approximate surface area is 438 Å². The molecule has 347 valence electrons. The number of nitrogens with zero attached hydrogens (tertiary/aromatic N) is 4. The number of rotatable bonds is 9. The van der Waals surface area contributed by atoms with Crippen molar-refractivity contribution in [1.82, 2.24) is 0 Å². The fourth-order valence-corrected chi connectivity index (χ4v) is 15.8. The third kappa shape index (κ3) is 9.75. The minimum Gasteiger partial charge on any atom is -0.226 e. The van der Waals surface area contributed by atoms with Crippen molar-refractivity contribution in [2.24, 2.45) is 0 Å². The van der Waals surface area contributed by atoms with E-state index in [0.717, 1.165) is 70.0 Å².